The molecule has 2 aliphatic heterocycles. The van der Waals surface area contributed by atoms with Crippen LogP contribution in [0.2, 0.25) is 0 Å². The monoisotopic (exact) mass is 276 g/mol. The summed E-state index contributed by atoms with van der Waals surface area (Å²) in [6.07, 6.45) is 1.27. The minimum absolute atomic E-state index is 0.0122. The number of benzene rings is 1. The van der Waals surface area contributed by atoms with E-state index in [2.05, 4.69) is 5.32 Å². The smallest absolute Gasteiger partial charge is 0.225 e. The fourth-order valence-electron chi connectivity index (χ4n) is 2.83. The molecule has 0 radical (unpaired) electrons. The first-order valence-corrected chi connectivity index (χ1v) is 7.13. The molecule has 1 unspecified atom stereocenters. The van der Waals surface area contributed by atoms with Crippen LogP contribution < -0.4 is 5.32 Å². The first kappa shape index (κ1) is 13.4. The van der Waals surface area contributed by atoms with Crippen molar-refractivity contribution in [2.45, 2.75) is 25.5 Å². The molecular formula is C15H20N2O3. The number of morpholine rings is 1. The lowest BCUT2D eigenvalue weighted by Gasteiger charge is -2.31. The van der Waals surface area contributed by atoms with Crippen molar-refractivity contribution in [1.82, 2.24) is 10.2 Å². The minimum atomic E-state index is -0.0122. The van der Waals surface area contributed by atoms with Crippen LogP contribution in [0.25, 0.3) is 0 Å². The predicted molar refractivity (Wildman–Crippen MR) is 74.5 cm³/mol. The number of carbonyl (C=O) groups excluding carboxylic acids is 1. The Bertz CT molecular complexity index is 498. The molecule has 1 aromatic carbocycles. The van der Waals surface area contributed by atoms with Gasteiger partial charge in [-0.2, -0.15) is 0 Å². The maximum absolute atomic E-state index is 12.3. The van der Waals surface area contributed by atoms with Gasteiger partial charge in [-0.25, -0.2) is 0 Å². The molecule has 2 heterocycles. The Morgan fingerprint density at radius 3 is 3.15 bits per heavy atom. The second-order valence-corrected chi connectivity index (χ2v) is 5.42. The molecule has 1 fully saturated rings. The predicted octanol–water partition coefficient (Wildman–Crippen LogP) is 0.655. The van der Waals surface area contributed by atoms with Gasteiger partial charge in [0, 0.05) is 26.2 Å². The van der Waals surface area contributed by atoms with Crippen LogP contribution in [0.5, 0.6) is 5.75 Å². The van der Waals surface area contributed by atoms with Crippen molar-refractivity contribution in [3.63, 3.8) is 0 Å². The standard InChI is InChI=1S/C15H20N2O3/c18-13-2-1-11-3-5-17(10-12(11)7-13)15(19)8-14-9-16-4-6-20-14/h1-2,7,14,16,18H,3-6,8-10H2. The van der Waals surface area contributed by atoms with E-state index in [1.807, 2.05) is 11.0 Å². The Hall–Kier alpha value is -1.59. The highest BCUT2D eigenvalue weighted by molar-refractivity contribution is 5.77. The Balaban J connectivity index is 1.62. The Morgan fingerprint density at radius 1 is 1.45 bits per heavy atom. The van der Waals surface area contributed by atoms with Crippen LogP contribution in [-0.4, -0.2) is 48.3 Å². The Labute approximate surface area is 118 Å². The summed E-state index contributed by atoms with van der Waals surface area (Å²) in [7, 11) is 0. The second-order valence-electron chi connectivity index (χ2n) is 5.42. The third kappa shape index (κ3) is 2.94. The normalized spacial score (nSPS) is 22.4. The third-order valence-corrected chi connectivity index (χ3v) is 3.96. The van der Waals surface area contributed by atoms with Crippen LogP contribution in [0.15, 0.2) is 18.2 Å². The zero-order valence-electron chi connectivity index (χ0n) is 11.5. The molecule has 0 saturated carbocycles. The third-order valence-electron chi connectivity index (χ3n) is 3.96. The van der Waals surface area contributed by atoms with Gasteiger partial charge < -0.3 is 20.1 Å². The molecule has 1 atom stereocenters. The average Bonchev–Trinajstić information content (AvgIpc) is 2.47. The second kappa shape index (κ2) is 5.81. The zero-order chi connectivity index (χ0) is 13.9. The summed E-state index contributed by atoms with van der Waals surface area (Å²) in [6.45, 7) is 3.62. The summed E-state index contributed by atoms with van der Waals surface area (Å²) in [4.78, 5) is 14.2. The van der Waals surface area contributed by atoms with E-state index in [-0.39, 0.29) is 17.8 Å². The first-order chi connectivity index (χ1) is 9.72. The minimum Gasteiger partial charge on any atom is -0.508 e. The van der Waals surface area contributed by atoms with Gasteiger partial charge in [0.25, 0.3) is 0 Å². The summed E-state index contributed by atoms with van der Waals surface area (Å²) in [5.41, 5.74) is 2.27. The number of amides is 1. The van der Waals surface area contributed by atoms with E-state index >= 15 is 0 Å². The van der Waals surface area contributed by atoms with E-state index in [0.717, 1.165) is 31.6 Å². The number of phenols is 1. The molecule has 2 aliphatic rings. The maximum Gasteiger partial charge on any atom is 0.225 e. The Morgan fingerprint density at radius 2 is 2.35 bits per heavy atom. The molecule has 0 aliphatic carbocycles. The molecule has 1 aromatic rings. The molecule has 2 N–H and O–H groups in total. The quantitative estimate of drug-likeness (QED) is 0.833. The van der Waals surface area contributed by atoms with E-state index in [9.17, 15) is 9.90 Å². The fraction of sp³-hybridized carbons (Fsp3) is 0.533. The van der Waals surface area contributed by atoms with Gasteiger partial charge in [0.15, 0.2) is 0 Å². The number of rotatable bonds is 2. The van der Waals surface area contributed by atoms with Crippen LogP contribution in [-0.2, 0) is 22.5 Å². The number of fused-ring (bicyclic) bond motifs is 1. The summed E-state index contributed by atoms with van der Waals surface area (Å²) < 4.78 is 5.58. The number of ether oxygens (including phenoxy) is 1. The van der Waals surface area contributed by atoms with Crippen LogP contribution in [0.1, 0.15) is 17.5 Å². The van der Waals surface area contributed by atoms with Crippen LogP contribution >= 0.6 is 0 Å². The van der Waals surface area contributed by atoms with Crippen molar-refractivity contribution in [2.75, 3.05) is 26.2 Å². The molecule has 5 heteroatoms. The molecule has 3 rings (SSSR count). The van der Waals surface area contributed by atoms with E-state index < -0.39 is 0 Å². The van der Waals surface area contributed by atoms with Gasteiger partial charge in [-0.1, -0.05) is 6.07 Å². The lowest BCUT2D eigenvalue weighted by Crippen LogP contribution is -2.43. The Kier molecular flexibility index (Phi) is 3.89. The maximum atomic E-state index is 12.3. The lowest BCUT2D eigenvalue weighted by atomic mass is 9.99. The van der Waals surface area contributed by atoms with Crippen LogP contribution in [0, 0.1) is 0 Å². The first-order valence-electron chi connectivity index (χ1n) is 7.13. The van der Waals surface area contributed by atoms with Gasteiger partial charge in [-0.3, -0.25) is 4.79 Å². The van der Waals surface area contributed by atoms with E-state index in [4.69, 9.17) is 4.74 Å². The van der Waals surface area contributed by atoms with Crippen molar-refractivity contribution in [3.8, 4) is 5.75 Å². The topological polar surface area (TPSA) is 61.8 Å². The van der Waals surface area contributed by atoms with Gasteiger partial charge in [0.05, 0.1) is 19.1 Å². The molecule has 5 nitrogen and oxygen atoms in total. The van der Waals surface area contributed by atoms with Crippen molar-refractivity contribution in [1.29, 1.82) is 0 Å². The van der Waals surface area contributed by atoms with Crippen LogP contribution in [0.3, 0.4) is 0 Å². The lowest BCUT2D eigenvalue weighted by molar-refractivity contribution is -0.135. The van der Waals surface area contributed by atoms with Gasteiger partial charge in [0.2, 0.25) is 5.91 Å². The summed E-state index contributed by atoms with van der Waals surface area (Å²) in [5.74, 6) is 0.394. The number of carbonyl (C=O) groups is 1. The van der Waals surface area contributed by atoms with Gasteiger partial charge in [-0.15, -0.1) is 0 Å². The number of hydrogen-bond acceptors (Lipinski definition) is 4. The van der Waals surface area contributed by atoms with E-state index in [0.29, 0.717) is 19.6 Å². The molecule has 0 aromatic heterocycles. The molecule has 108 valence electrons. The fourth-order valence-corrected chi connectivity index (χ4v) is 2.83. The molecular weight excluding hydrogens is 256 g/mol. The largest absolute Gasteiger partial charge is 0.508 e. The van der Waals surface area contributed by atoms with Gasteiger partial charge >= 0.3 is 0 Å². The van der Waals surface area contributed by atoms with Gasteiger partial charge in [-0.05, 0) is 29.7 Å². The number of aromatic hydroxyl groups is 1. The SMILES string of the molecule is O=C(CC1CNCCO1)N1CCc2ccc(O)cc2C1. The summed E-state index contributed by atoms with van der Waals surface area (Å²) in [5, 5.41) is 12.8. The molecule has 1 saturated heterocycles. The average molecular weight is 276 g/mol. The highest BCUT2D eigenvalue weighted by Crippen LogP contribution is 2.23. The number of nitrogens with zero attached hydrogens (tertiary/aromatic N) is 1. The molecule has 0 bridgehead atoms. The van der Waals surface area contributed by atoms with Crippen molar-refractivity contribution in [2.24, 2.45) is 0 Å². The van der Waals surface area contributed by atoms with Crippen molar-refractivity contribution >= 4 is 5.91 Å². The van der Waals surface area contributed by atoms with Crippen molar-refractivity contribution < 1.29 is 14.6 Å². The number of hydrogen-bond donors (Lipinski definition) is 2. The van der Waals surface area contributed by atoms with E-state index in [1.165, 1.54) is 5.56 Å². The van der Waals surface area contributed by atoms with E-state index in [1.54, 1.807) is 12.1 Å². The summed E-state index contributed by atoms with van der Waals surface area (Å²) >= 11 is 0. The molecule has 20 heavy (non-hydrogen) atoms. The zero-order valence-corrected chi connectivity index (χ0v) is 11.5. The molecule has 1 amide bonds. The summed E-state index contributed by atoms with van der Waals surface area (Å²) in [6, 6.07) is 5.41. The van der Waals surface area contributed by atoms with Crippen LogP contribution in [0.4, 0.5) is 0 Å². The van der Waals surface area contributed by atoms with Crippen molar-refractivity contribution in [3.05, 3.63) is 29.3 Å². The number of phenolic OH excluding ortho intramolecular Hbond substituents is 1. The highest BCUT2D eigenvalue weighted by atomic mass is 16.5. The highest BCUT2D eigenvalue weighted by Gasteiger charge is 2.24. The number of nitrogens with one attached hydrogen (secondary N) is 1. The van der Waals surface area contributed by atoms with Gasteiger partial charge in [0.1, 0.15) is 5.75 Å². The molecule has 0 spiro atoms.